The van der Waals surface area contributed by atoms with Crippen molar-refractivity contribution in [2.45, 2.75) is 12.5 Å². The normalized spacial score (nSPS) is 13.8. The first-order valence-electron chi connectivity index (χ1n) is 5.58. The fraction of sp³-hybridized carbons (Fsp3) is 0.250. The number of rotatable bonds is 5. The molecule has 100 valence electrons. The van der Waals surface area contributed by atoms with Crippen LogP contribution in [0.1, 0.15) is 6.92 Å². The Kier molecular flexibility index (Phi) is 3.48. The predicted octanol–water partition coefficient (Wildman–Crippen LogP) is 0.984. The molecule has 0 amide bonds. The zero-order valence-electron chi connectivity index (χ0n) is 10.2. The van der Waals surface area contributed by atoms with Crippen LogP contribution in [0.25, 0.3) is 11.5 Å². The fourth-order valence-electron chi connectivity index (χ4n) is 1.32. The Labute approximate surface area is 108 Å². The number of nitrogens with zero attached hydrogens (tertiary/aromatic N) is 2. The van der Waals surface area contributed by atoms with Crippen LogP contribution < -0.4 is 5.32 Å². The van der Waals surface area contributed by atoms with Gasteiger partial charge in [-0.05, 0) is 24.2 Å². The van der Waals surface area contributed by atoms with E-state index in [0.29, 0.717) is 5.89 Å². The van der Waals surface area contributed by atoms with Gasteiger partial charge in [0.15, 0.2) is 5.60 Å². The first-order valence-corrected chi connectivity index (χ1v) is 5.58. The molecule has 0 spiro atoms. The molecule has 0 saturated carbocycles. The van der Waals surface area contributed by atoms with Gasteiger partial charge in [0.1, 0.15) is 0 Å². The molecule has 3 N–H and O–H groups in total. The Morgan fingerprint density at radius 2 is 2.11 bits per heavy atom. The van der Waals surface area contributed by atoms with Gasteiger partial charge in [-0.2, -0.15) is 4.98 Å². The second-order valence-electron chi connectivity index (χ2n) is 4.22. The topological polar surface area (TPSA) is 108 Å². The number of aliphatic carboxylic acids is 1. The van der Waals surface area contributed by atoms with Crippen LogP contribution in [0.15, 0.2) is 34.9 Å². The average molecular weight is 263 g/mol. The lowest BCUT2D eigenvalue weighted by Crippen LogP contribution is -2.42. The van der Waals surface area contributed by atoms with Gasteiger partial charge in [0.2, 0.25) is 0 Å². The smallest absolute Gasteiger partial charge is 0.337 e. The molecule has 2 aromatic rings. The molecular weight excluding hydrogens is 250 g/mol. The summed E-state index contributed by atoms with van der Waals surface area (Å²) in [5.74, 6) is -0.884. The monoisotopic (exact) mass is 263 g/mol. The summed E-state index contributed by atoms with van der Waals surface area (Å²) in [6.07, 6.45) is 0. The minimum absolute atomic E-state index is 0.125. The second kappa shape index (κ2) is 5.07. The molecule has 1 aromatic heterocycles. The molecule has 7 nitrogen and oxygen atoms in total. The lowest BCUT2D eigenvalue weighted by Gasteiger charge is -2.17. The van der Waals surface area contributed by atoms with Gasteiger partial charge in [-0.3, -0.25) is 0 Å². The van der Waals surface area contributed by atoms with Crippen LogP contribution in [0.5, 0.6) is 0 Å². The number of carbonyl (C=O) groups is 1. The first kappa shape index (κ1) is 13.0. The van der Waals surface area contributed by atoms with E-state index in [4.69, 9.17) is 9.63 Å². The van der Waals surface area contributed by atoms with E-state index in [2.05, 4.69) is 15.5 Å². The van der Waals surface area contributed by atoms with Gasteiger partial charge in [-0.15, -0.1) is 0 Å². The van der Waals surface area contributed by atoms with Crippen molar-refractivity contribution in [1.29, 1.82) is 0 Å². The van der Waals surface area contributed by atoms with Gasteiger partial charge in [-0.1, -0.05) is 18.2 Å². The molecule has 1 heterocycles. The van der Waals surface area contributed by atoms with Gasteiger partial charge in [-0.25, -0.2) is 4.79 Å². The van der Waals surface area contributed by atoms with Gasteiger partial charge >= 0.3 is 5.97 Å². The fourth-order valence-corrected chi connectivity index (χ4v) is 1.32. The lowest BCUT2D eigenvalue weighted by molar-refractivity contribution is -0.155. The summed E-state index contributed by atoms with van der Waals surface area (Å²) in [5.41, 5.74) is -1.14. The van der Waals surface area contributed by atoms with E-state index in [1.54, 1.807) is 0 Å². The average Bonchev–Trinajstić information content (AvgIpc) is 2.86. The van der Waals surface area contributed by atoms with E-state index in [-0.39, 0.29) is 12.5 Å². The number of anilines is 1. The zero-order valence-corrected chi connectivity index (χ0v) is 10.2. The minimum atomic E-state index is -1.90. The predicted molar refractivity (Wildman–Crippen MR) is 66.5 cm³/mol. The maximum atomic E-state index is 10.7. The molecule has 0 aliphatic rings. The highest BCUT2D eigenvalue weighted by Crippen LogP contribution is 2.18. The molecule has 0 radical (unpaired) electrons. The van der Waals surface area contributed by atoms with E-state index in [9.17, 15) is 9.90 Å². The summed E-state index contributed by atoms with van der Waals surface area (Å²) in [6, 6.07) is 9.15. The molecular formula is C12H13N3O4. The number of hydrogen-bond donors (Lipinski definition) is 3. The summed E-state index contributed by atoms with van der Waals surface area (Å²) in [4.78, 5) is 14.8. The van der Waals surface area contributed by atoms with Crippen LogP contribution in [0.3, 0.4) is 0 Å². The third-order valence-electron chi connectivity index (χ3n) is 2.50. The molecule has 1 unspecified atom stereocenters. The van der Waals surface area contributed by atoms with Crippen LogP contribution >= 0.6 is 0 Å². The van der Waals surface area contributed by atoms with Gasteiger partial charge in [0.25, 0.3) is 11.8 Å². The quantitative estimate of drug-likeness (QED) is 0.737. The van der Waals surface area contributed by atoms with Gasteiger partial charge in [0, 0.05) is 5.56 Å². The van der Waals surface area contributed by atoms with Crippen LogP contribution in [0, 0.1) is 0 Å². The molecule has 0 fully saturated rings. The molecule has 0 aliphatic heterocycles. The van der Waals surface area contributed by atoms with Crippen molar-refractivity contribution in [3.8, 4) is 11.5 Å². The Hall–Kier alpha value is -2.41. The van der Waals surface area contributed by atoms with Gasteiger partial charge < -0.3 is 20.1 Å². The number of carboxylic acids is 1. The summed E-state index contributed by atoms with van der Waals surface area (Å²) in [6.45, 7) is 0.955. The summed E-state index contributed by atoms with van der Waals surface area (Å²) in [7, 11) is 0. The molecule has 0 saturated heterocycles. The summed E-state index contributed by atoms with van der Waals surface area (Å²) in [5, 5.41) is 24.5. The maximum Gasteiger partial charge on any atom is 0.337 e. The van der Waals surface area contributed by atoms with Crippen LogP contribution in [-0.2, 0) is 4.79 Å². The molecule has 0 bridgehead atoms. The van der Waals surface area contributed by atoms with Crippen molar-refractivity contribution in [2.24, 2.45) is 0 Å². The van der Waals surface area contributed by atoms with Crippen LogP contribution in [0.2, 0.25) is 0 Å². The van der Waals surface area contributed by atoms with E-state index in [0.717, 1.165) is 5.56 Å². The molecule has 19 heavy (non-hydrogen) atoms. The SMILES string of the molecule is CC(O)(CNc1noc(-c2ccccc2)n1)C(=O)O. The largest absolute Gasteiger partial charge is 0.479 e. The highest BCUT2D eigenvalue weighted by atomic mass is 16.5. The van der Waals surface area contributed by atoms with Crippen molar-refractivity contribution >= 4 is 11.9 Å². The Bertz CT molecular complexity index is 565. The van der Waals surface area contributed by atoms with E-state index < -0.39 is 11.6 Å². The van der Waals surface area contributed by atoms with Gasteiger partial charge in [0.05, 0.1) is 6.54 Å². The maximum absolute atomic E-state index is 10.7. The molecule has 7 heteroatoms. The van der Waals surface area contributed by atoms with Crippen molar-refractivity contribution in [1.82, 2.24) is 10.1 Å². The molecule has 1 atom stereocenters. The lowest BCUT2D eigenvalue weighted by atomic mass is 10.1. The van der Waals surface area contributed by atoms with Crippen molar-refractivity contribution in [2.75, 3.05) is 11.9 Å². The standard InChI is InChI=1S/C12H13N3O4/c1-12(18,10(16)17)7-13-11-14-9(19-15-11)8-5-3-2-4-6-8/h2-6,18H,7H2,1H3,(H,13,15)(H,16,17). The highest BCUT2D eigenvalue weighted by molar-refractivity contribution is 5.77. The number of nitrogens with one attached hydrogen (secondary N) is 1. The molecule has 2 rings (SSSR count). The Balaban J connectivity index is 2.05. The number of benzene rings is 1. The van der Waals surface area contributed by atoms with Crippen molar-refractivity contribution < 1.29 is 19.5 Å². The third kappa shape index (κ3) is 3.08. The highest BCUT2D eigenvalue weighted by Gasteiger charge is 2.30. The number of aliphatic hydroxyl groups is 1. The zero-order chi connectivity index (χ0) is 13.9. The second-order valence-corrected chi connectivity index (χ2v) is 4.22. The van der Waals surface area contributed by atoms with Crippen molar-refractivity contribution in [3.63, 3.8) is 0 Å². The van der Waals surface area contributed by atoms with E-state index in [1.807, 2.05) is 30.3 Å². The van der Waals surface area contributed by atoms with E-state index in [1.165, 1.54) is 6.92 Å². The molecule has 1 aromatic carbocycles. The summed E-state index contributed by atoms with van der Waals surface area (Å²) >= 11 is 0. The number of hydrogen-bond acceptors (Lipinski definition) is 6. The third-order valence-corrected chi connectivity index (χ3v) is 2.50. The van der Waals surface area contributed by atoms with Crippen LogP contribution in [-0.4, -0.2) is 38.5 Å². The van der Waals surface area contributed by atoms with Crippen LogP contribution in [0.4, 0.5) is 5.95 Å². The Morgan fingerprint density at radius 1 is 1.42 bits per heavy atom. The van der Waals surface area contributed by atoms with E-state index >= 15 is 0 Å². The molecule has 0 aliphatic carbocycles. The Morgan fingerprint density at radius 3 is 2.74 bits per heavy atom. The first-order chi connectivity index (χ1) is 8.99. The van der Waals surface area contributed by atoms with Crippen molar-refractivity contribution in [3.05, 3.63) is 30.3 Å². The summed E-state index contributed by atoms with van der Waals surface area (Å²) < 4.78 is 5.02. The number of carboxylic acid groups (broad SMARTS) is 1. The minimum Gasteiger partial charge on any atom is -0.479 e. The number of aromatic nitrogens is 2.